The largest absolute Gasteiger partial charge is 0.492 e. The highest BCUT2D eigenvalue weighted by Crippen LogP contribution is 2.36. The summed E-state index contributed by atoms with van der Waals surface area (Å²) < 4.78 is 6.92. The van der Waals surface area contributed by atoms with Crippen LogP contribution in [0.1, 0.15) is 35.7 Å². The first-order chi connectivity index (χ1) is 13.3. The number of rotatable bonds is 4. The van der Waals surface area contributed by atoms with Gasteiger partial charge in [-0.25, -0.2) is 0 Å². The van der Waals surface area contributed by atoms with Gasteiger partial charge in [0, 0.05) is 5.56 Å². The number of aromatic hydroxyl groups is 1. The van der Waals surface area contributed by atoms with Gasteiger partial charge in [-0.15, -0.1) is 5.10 Å². The molecule has 138 valence electrons. The minimum absolute atomic E-state index is 0.104. The van der Waals surface area contributed by atoms with Gasteiger partial charge in [0.25, 0.3) is 0 Å². The van der Waals surface area contributed by atoms with Gasteiger partial charge in [0.15, 0.2) is 11.8 Å². The second-order valence-corrected chi connectivity index (χ2v) is 7.97. The van der Waals surface area contributed by atoms with Crippen molar-refractivity contribution in [3.05, 3.63) is 59.2 Å². The van der Waals surface area contributed by atoms with Crippen molar-refractivity contribution in [2.75, 3.05) is 13.1 Å². The fraction of sp³-hybridized carbons (Fsp3) is 0.300. The summed E-state index contributed by atoms with van der Waals surface area (Å²) in [6.07, 6.45) is 5.34. The lowest BCUT2D eigenvalue weighted by Gasteiger charge is -2.31. The lowest BCUT2D eigenvalue weighted by atomic mass is 10.0. The van der Waals surface area contributed by atoms with Crippen LogP contribution in [-0.4, -0.2) is 32.8 Å². The van der Waals surface area contributed by atoms with Crippen molar-refractivity contribution in [2.24, 2.45) is 0 Å². The van der Waals surface area contributed by atoms with Crippen LogP contribution in [0.25, 0.3) is 16.5 Å². The van der Waals surface area contributed by atoms with E-state index < -0.39 is 0 Å². The van der Waals surface area contributed by atoms with Crippen LogP contribution in [0.3, 0.4) is 0 Å². The molecule has 1 fully saturated rings. The van der Waals surface area contributed by atoms with E-state index in [0.29, 0.717) is 16.5 Å². The van der Waals surface area contributed by atoms with Gasteiger partial charge < -0.3 is 14.4 Å². The molecular formula is C20H21N4O2S+. The lowest BCUT2D eigenvalue weighted by Crippen LogP contribution is -3.13. The summed E-state index contributed by atoms with van der Waals surface area (Å²) in [5, 5.41) is 15.4. The third-order valence-electron chi connectivity index (χ3n) is 5.24. The SMILES string of the molecule is Oc1c([C@H](c2ccccc2)[NH+]2CCCCC2)sc2nc(-c3ccco3)nn12. The highest BCUT2D eigenvalue weighted by atomic mass is 32.1. The first kappa shape index (κ1) is 16.5. The monoisotopic (exact) mass is 381 g/mol. The fourth-order valence-corrected chi connectivity index (χ4v) is 5.10. The maximum Gasteiger partial charge on any atom is 0.235 e. The highest BCUT2D eigenvalue weighted by molar-refractivity contribution is 7.17. The summed E-state index contributed by atoms with van der Waals surface area (Å²) in [5.41, 5.74) is 1.22. The van der Waals surface area contributed by atoms with Crippen molar-refractivity contribution in [3.8, 4) is 17.5 Å². The number of fused-ring (bicyclic) bond motifs is 1. The molecule has 1 saturated heterocycles. The van der Waals surface area contributed by atoms with Crippen molar-refractivity contribution in [1.29, 1.82) is 0 Å². The Labute approximate surface area is 160 Å². The molecule has 6 nitrogen and oxygen atoms in total. The zero-order valence-electron chi connectivity index (χ0n) is 14.8. The molecule has 1 atom stereocenters. The molecule has 0 unspecified atom stereocenters. The van der Waals surface area contributed by atoms with E-state index in [9.17, 15) is 5.11 Å². The predicted octanol–water partition coefficient (Wildman–Crippen LogP) is 2.91. The van der Waals surface area contributed by atoms with Crippen LogP contribution in [-0.2, 0) is 0 Å². The number of furan rings is 1. The molecule has 27 heavy (non-hydrogen) atoms. The number of aromatic nitrogens is 3. The smallest absolute Gasteiger partial charge is 0.235 e. The number of likely N-dealkylation sites (tertiary alicyclic amines) is 1. The molecule has 3 aromatic heterocycles. The topological polar surface area (TPSA) is 68.0 Å². The molecule has 5 rings (SSSR count). The molecule has 4 heterocycles. The molecule has 0 aliphatic carbocycles. The standard InChI is InChI=1S/C20H20N4O2S/c25-19-17(27-20-21-18(22-24(19)20)15-10-7-13-26-15)16(14-8-3-1-4-9-14)23-11-5-2-6-12-23/h1,3-4,7-10,13,16,25H,2,5-6,11-12H2/p+1/t16-/m0/s1. The van der Waals surface area contributed by atoms with Crippen LogP contribution in [0.15, 0.2) is 53.1 Å². The van der Waals surface area contributed by atoms with E-state index in [1.165, 1.54) is 45.6 Å². The van der Waals surface area contributed by atoms with Crippen molar-refractivity contribution < 1.29 is 14.4 Å². The van der Waals surface area contributed by atoms with Crippen LogP contribution in [0, 0.1) is 0 Å². The number of benzene rings is 1. The van der Waals surface area contributed by atoms with Gasteiger partial charge in [-0.1, -0.05) is 41.7 Å². The van der Waals surface area contributed by atoms with E-state index in [0.717, 1.165) is 18.0 Å². The summed E-state index contributed by atoms with van der Waals surface area (Å²) in [6, 6.07) is 14.2. The van der Waals surface area contributed by atoms with Crippen molar-refractivity contribution in [1.82, 2.24) is 14.6 Å². The summed E-state index contributed by atoms with van der Waals surface area (Å²) in [6.45, 7) is 2.23. The molecule has 0 radical (unpaired) electrons. The Morgan fingerprint density at radius 1 is 1.07 bits per heavy atom. The molecule has 4 aromatic rings. The Morgan fingerprint density at radius 2 is 1.89 bits per heavy atom. The number of nitrogens with one attached hydrogen (secondary N) is 1. The Bertz CT molecular complexity index is 1030. The number of hydrogen-bond donors (Lipinski definition) is 2. The first-order valence-electron chi connectivity index (χ1n) is 9.33. The van der Waals surface area contributed by atoms with Gasteiger partial charge in [0.2, 0.25) is 16.7 Å². The quantitative estimate of drug-likeness (QED) is 0.570. The van der Waals surface area contributed by atoms with Crippen molar-refractivity contribution >= 4 is 16.3 Å². The second kappa shape index (κ2) is 6.83. The highest BCUT2D eigenvalue weighted by Gasteiger charge is 2.33. The number of quaternary nitrogens is 1. The minimum atomic E-state index is 0.104. The molecule has 0 spiro atoms. The third-order valence-corrected chi connectivity index (χ3v) is 6.33. The van der Waals surface area contributed by atoms with Gasteiger partial charge in [-0.2, -0.15) is 9.50 Å². The summed E-state index contributed by atoms with van der Waals surface area (Å²) in [4.78, 5) is 7.68. The van der Waals surface area contributed by atoms with E-state index in [4.69, 9.17) is 4.42 Å². The van der Waals surface area contributed by atoms with Gasteiger partial charge in [0.1, 0.15) is 4.88 Å². The Balaban J connectivity index is 1.59. The van der Waals surface area contributed by atoms with Gasteiger partial charge >= 0.3 is 0 Å². The van der Waals surface area contributed by atoms with Crippen LogP contribution in [0.2, 0.25) is 0 Å². The lowest BCUT2D eigenvalue weighted by molar-refractivity contribution is -0.929. The van der Waals surface area contributed by atoms with Gasteiger partial charge in [0.05, 0.1) is 19.4 Å². The first-order valence-corrected chi connectivity index (χ1v) is 10.1. The van der Waals surface area contributed by atoms with E-state index >= 15 is 0 Å². The van der Waals surface area contributed by atoms with E-state index in [1.54, 1.807) is 12.3 Å². The van der Waals surface area contributed by atoms with Gasteiger partial charge in [-0.05, 0) is 31.4 Å². The van der Waals surface area contributed by atoms with Crippen LogP contribution < -0.4 is 4.90 Å². The van der Waals surface area contributed by atoms with E-state index in [-0.39, 0.29) is 11.9 Å². The Hall–Kier alpha value is -2.64. The average molecular weight is 381 g/mol. The molecule has 0 saturated carbocycles. The van der Waals surface area contributed by atoms with Gasteiger partial charge in [-0.3, -0.25) is 0 Å². The number of nitrogens with zero attached hydrogens (tertiary/aromatic N) is 3. The van der Waals surface area contributed by atoms with E-state index in [1.807, 2.05) is 12.1 Å². The molecule has 1 aromatic carbocycles. The molecule has 0 amide bonds. The average Bonchev–Trinajstić information content (AvgIpc) is 3.43. The minimum Gasteiger partial charge on any atom is -0.492 e. The predicted molar refractivity (Wildman–Crippen MR) is 103 cm³/mol. The fourth-order valence-electron chi connectivity index (χ4n) is 3.96. The molecule has 1 aliphatic heterocycles. The molecule has 2 N–H and O–H groups in total. The molecule has 7 heteroatoms. The van der Waals surface area contributed by atoms with Crippen LogP contribution >= 0.6 is 11.3 Å². The maximum atomic E-state index is 11.0. The third kappa shape index (κ3) is 2.93. The van der Waals surface area contributed by atoms with E-state index in [2.05, 4.69) is 34.3 Å². The number of thiazole rings is 1. The number of piperidine rings is 1. The Morgan fingerprint density at radius 3 is 2.59 bits per heavy atom. The van der Waals surface area contributed by atoms with Crippen molar-refractivity contribution in [3.63, 3.8) is 0 Å². The summed E-state index contributed by atoms with van der Waals surface area (Å²) in [5.74, 6) is 1.29. The van der Waals surface area contributed by atoms with Crippen molar-refractivity contribution in [2.45, 2.75) is 25.3 Å². The Kier molecular flexibility index (Phi) is 4.18. The van der Waals surface area contributed by atoms with Crippen LogP contribution in [0.5, 0.6) is 5.88 Å². The summed E-state index contributed by atoms with van der Waals surface area (Å²) >= 11 is 1.52. The number of hydrogen-bond acceptors (Lipinski definition) is 5. The van der Waals surface area contributed by atoms with Crippen LogP contribution in [0.4, 0.5) is 0 Å². The normalized spacial score (nSPS) is 16.7. The maximum absolute atomic E-state index is 11.0. The summed E-state index contributed by atoms with van der Waals surface area (Å²) in [7, 11) is 0. The molecular weight excluding hydrogens is 360 g/mol. The second-order valence-electron chi connectivity index (χ2n) is 6.96. The zero-order chi connectivity index (χ0) is 18.2. The molecule has 1 aliphatic rings. The molecule has 0 bridgehead atoms. The zero-order valence-corrected chi connectivity index (χ0v) is 15.7.